The Bertz CT molecular complexity index is 556. The average Bonchev–Trinajstić information content (AvgIpc) is 2.77. The highest BCUT2D eigenvalue weighted by Crippen LogP contribution is 2.17. The molecule has 1 aliphatic heterocycles. The lowest BCUT2D eigenvalue weighted by Gasteiger charge is -2.29. The number of pyridine rings is 1. The predicted octanol–water partition coefficient (Wildman–Crippen LogP) is 2.54. The smallest absolute Gasteiger partial charge is 0.137 e. The topological polar surface area (TPSA) is 32.6 Å². The van der Waals surface area contributed by atoms with Crippen LogP contribution in [0.4, 0.5) is 0 Å². The molecule has 1 aliphatic rings. The third kappa shape index (κ3) is 3.27. The molecule has 0 spiro atoms. The van der Waals surface area contributed by atoms with Crippen LogP contribution in [-0.2, 0) is 6.54 Å². The summed E-state index contributed by atoms with van der Waals surface area (Å²) in [6.45, 7) is 10.1. The van der Waals surface area contributed by atoms with Gasteiger partial charge >= 0.3 is 0 Å². The Morgan fingerprint density at radius 1 is 1.38 bits per heavy atom. The quantitative estimate of drug-likeness (QED) is 0.941. The molecule has 2 atom stereocenters. The number of fused-ring (bicyclic) bond motifs is 1. The van der Waals surface area contributed by atoms with Crippen molar-refractivity contribution in [3.63, 3.8) is 0 Å². The van der Waals surface area contributed by atoms with Crippen molar-refractivity contribution in [1.29, 1.82) is 0 Å². The van der Waals surface area contributed by atoms with Gasteiger partial charge in [0, 0.05) is 37.6 Å². The maximum absolute atomic E-state index is 4.74. The summed E-state index contributed by atoms with van der Waals surface area (Å²) in [6.07, 6.45) is 5.43. The molecule has 0 aliphatic carbocycles. The standard InChI is InChI=1S/C17H26N4/c1-13(2)16-12-21(14(3)7-8-18-16)11-15-10-20-9-5-4-6-17(20)19-15/h4-6,9-10,13-14,16,18H,7-8,11-12H2,1-3H3. The van der Waals surface area contributed by atoms with E-state index in [9.17, 15) is 0 Å². The number of aromatic nitrogens is 2. The third-order valence-corrected chi connectivity index (χ3v) is 4.61. The van der Waals surface area contributed by atoms with Crippen LogP contribution in [0.3, 0.4) is 0 Å². The van der Waals surface area contributed by atoms with Crippen molar-refractivity contribution < 1.29 is 0 Å². The molecular weight excluding hydrogens is 260 g/mol. The molecule has 1 fully saturated rings. The van der Waals surface area contributed by atoms with Crippen LogP contribution in [0.5, 0.6) is 0 Å². The van der Waals surface area contributed by atoms with Gasteiger partial charge in [0.2, 0.25) is 0 Å². The minimum atomic E-state index is 0.576. The first-order valence-corrected chi connectivity index (χ1v) is 8.03. The summed E-state index contributed by atoms with van der Waals surface area (Å²) in [5.41, 5.74) is 2.20. The van der Waals surface area contributed by atoms with Crippen molar-refractivity contribution in [3.05, 3.63) is 36.3 Å². The molecule has 114 valence electrons. The fraction of sp³-hybridized carbons (Fsp3) is 0.588. The fourth-order valence-electron chi connectivity index (χ4n) is 3.10. The number of imidazole rings is 1. The lowest BCUT2D eigenvalue weighted by molar-refractivity contribution is 0.182. The van der Waals surface area contributed by atoms with Crippen LogP contribution in [0.25, 0.3) is 5.65 Å². The van der Waals surface area contributed by atoms with Gasteiger partial charge < -0.3 is 9.72 Å². The highest BCUT2D eigenvalue weighted by molar-refractivity contribution is 5.39. The number of nitrogens with zero attached hydrogens (tertiary/aromatic N) is 3. The molecule has 3 rings (SSSR count). The van der Waals surface area contributed by atoms with Crippen molar-refractivity contribution >= 4 is 5.65 Å². The number of nitrogens with one attached hydrogen (secondary N) is 1. The molecule has 0 radical (unpaired) electrons. The van der Waals surface area contributed by atoms with E-state index in [0.29, 0.717) is 18.0 Å². The Kier molecular flexibility index (Phi) is 4.27. The summed E-state index contributed by atoms with van der Waals surface area (Å²) in [5.74, 6) is 0.666. The molecule has 0 aromatic carbocycles. The van der Waals surface area contributed by atoms with E-state index in [1.807, 2.05) is 12.1 Å². The fourth-order valence-corrected chi connectivity index (χ4v) is 3.10. The van der Waals surface area contributed by atoms with Gasteiger partial charge in [-0.2, -0.15) is 0 Å². The van der Waals surface area contributed by atoms with E-state index < -0.39 is 0 Å². The zero-order valence-corrected chi connectivity index (χ0v) is 13.3. The summed E-state index contributed by atoms with van der Waals surface area (Å²) in [6, 6.07) is 7.33. The number of hydrogen-bond acceptors (Lipinski definition) is 3. The van der Waals surface area contributed by atoms with Crippen molar-refractivity contribution in [3.8, 4) is 0 Å². The molecule has 0 bridgehead atoms. The summed E-state index contributed by atoms with van der Waals surface area (Å²) in [4.78, 5) is 7.32. The monoisotopic (exact) mass is 286 g/mol. The third-order valence-electron chi connectivity index (χ3n) is 4.61. The van der Waals surface area contributed by atoms with Crippen LogP contribution in [0, 0.1) is 5.92 Å². The highest BCUT2D eigenvalue weighted by atomic mass is 15.2. The van der Waals surface area contributed by atoms with E-state index >= 15 is 0 Å². The van der Waals surface area contributed by atoms with Gasteiger partial charge in [-0.3, -0.25) is 4.90 Å². The van der Waals surface area contributed by atoms with Gasteiger partial charge in [-0.15, -0.1) is 0 Å². The SMILES string of the molecule is CC(C)C1CN(Cc2cn3ccccc3n2)C(C)CCN1. The van der Waals surface area contributed by atoms with E-state index in [1.165, 1.54) is 6.42 Å². The van der Waals surface area contributed by atoms with E-state index in [1.54, 1.807) is 0 Å². The van der Waals surface area contributed by atoms with Gasteiger partial charge in [0.15, 0.2) is 0 Å². The van der Waals surface area contributed by atoms with Crippen LogP contribution >= 0.6 is 0 Å². The lowest BCUT2D eigenvalue weighted by Crippen LogP contribution is -2.42. The zero-order valence-electron chi connectivity index (χ0n) is 13.3. The molecule has 3 heterocycles. The summed E-state index contributed by atoms with van der Waals surface area (Å²) < 4.78 is 2.11. The first-order valence-electron chi connectivity index (χ1n) is 8.03. The molecule has 2 aromatic rings. The van der Waals surface area contributed by atoms with Gasteiger partial charge in [0.25, 0.3) is 0 Å². The van der Waals surface area contributed by atoms with Gasteiger partial charge in [0.1, 0.15) is 5.65 Å². The Hall–Kier alpha value is -1.39. The van der Waals surface area contributed by atoms with Crippen molar-refractivity contribution in [2.24, 2.45) is 5.92 Å². The van der Waals surface area contributed by atoms with E-state index in [2.05, 4.69) is 53.8 Å². The largest absolute Gasteiger partial charge is 0.312 e. The molecule has 4 heteroatoms. The van der Waals surface area contributed by atoms with E-state index in [4.69, 9.17) is 4.98 Å². The maximum Gasteiger partial charge on any atom is 0.137 e. The predicted molar refractivity (Wildman–Crippen MR) is 86.3 cm³/mol. The van der Waals surface area contributed by atoms with Crippen LogP contribution in [-0.4, -0.2) is 39.5 Å². The minimum absolute atomic E-state index is 0.576. The summed E-state index contributed by atoms with van der Waals surface area (Å²) in [7, 11) is 0. The van der Waals surface area contributed by atoms with Crippen molar-refractivity contribution in [2.75, 3.05) is 13.1 Å². The second kappa shape index (κ2) is 6.16. The van der Waals surface area contributed by atoms with Crippen molar-refractivity contribution in [1.82, 2.24) is 19.6 Å². The Morgan fingerprint density at radius 3 is 3.00 bits per heavy atom. The second-order valence-corrected chi connectivity index (χ2v) is 6.57. The lowest BCUT2D eigenvalue weighted by atomic mass is 10.0. The first kappa shape index (κ1) is 14.5. The Morgan fingerprint density at radius 2 is 2.24 bits per heavy atom. The van der Waals surface area contributed by atoms with Gasteiger partial charge in [-0.1, -0.05) is 19.9 Å². The molecule has 2 unspecified atom stereocenters. The normalized spacial score (nSPS) is 24.6. The zero-order chi connectivity index (χ0) is 14.8. The molecule has 1 N–H and O–H groups in total. The number of rotatable bonds is 3. The van der Waals surface area contributed by atoms with Gasteiger partial charge in [0.05, 0.1) is 5.69 Å². The first-order chi connectivity index (χ1) is 10.1. The molecule has 2 aromatic heterocycles. The average molecular weight is 286 g/mol. The Balaban J connectivity index is 1.77. The van der Waals surface area contributed by atoms with Crippen LogP contribution in [0.2, 0.25) is 0 Å². The van der Waals surface area contributed by atoms with Crippen molar-refractivity contribution in [2.45, 2.75) is 45.8 Å². The van der Waals surface area contributed by atoms with Gasteiger partial charge in [-0.25, -0.2) is 4.98 Å². The second-order valence-electron chi connectivity index (χ2n) is 6.57. The molecule has 0 amide bonds. The summed E-state index contributed by atoms with van der Waals surface area (Å²) >= 11 is 0. The van der Waals surface area contributed by atoms with Gasteiger partial charge in [-0.05, 0) is 37.9 Å². The number of hydrogen-bond donors (Lipinski definition) is 1. The maximum atomic E-state index is 4.74. The van der Waals surface area contributed by atoms with Crippen LogP contribution < -0.4 is 5.32 Å². The Labute approximate surface area is 127 Å². The molecular formula is C17H26N4. The molecule has 1 saturated heterocycles. The molecule has 0 saturated carbocycles. The summed E-state index contributed by atoms with van der Waals surface area (Å²) in [5, 5.41) is 3.69. The highest BCUT2D eigenvalue weighted by Gasteiger charge is 2.25. The van der Waals surface area contributed by atoms with Crippen LogP contribution in [0.15, 0.2) is 30.6 Å². The molecule has 4 nitrogen and oxygen atoms in total. The van der Waals surface area contributed by atoms with E-state index in [-0.39, 0.29) is 0 Å². The van der Waals surface area contributed by atoms with E-state index in [0.717, 1.165) is 31.0 Å². The van der Waals surface area contributed by atoms with Crippen LogP contribution in [0.1, 0.15) is 32.9 Å². The minimum Gasteiger partial charge on any atom is -0.312 e. The molecule has 21 heavy (non-hydrogen) atoms.